The Morgan fingerprint density at radius 3 is 2.66 bits per heavy atom. The Kier molecular flexibility index (Phi) is 7.23. The fraction of sp³-hybridized carbons (Fsp3) is 0.500. The van der Waals surface area contributed by atoms with Crippen molar-refractivity contribution in [2.24, 2.45) is 10.7 Å². The summed E-state index contributed by atoms with van der Waals surface area (Å²) in [6.07, 6.45) is 5.15. The van der Waals surface area contributed by atoms with Gasteiger partial charge in [-0.25, -0.2) is 9.79 Å². The highest BCUT2D eigenvalue weighted by molar-refractivity contribution is 6.40. The number of amides is 3. The Morgan fingerprint density at radius 2 is 2.14 bits per heavy atom. The van der Waals surface area contributed by atoms with Gasteiger partial charge < -0.3 is 25.8 Å². The third kappa shape index (κ3) is 6.80. The van der Waals surface area contributed by atoms with Crippen LogP contribution in [0.15, 0.2) is 28.9 Å². The van der Waals surface area contributed by atoms with Gasteiger partial charge in [-0.1, -0.05) is 6.08 Å². The number of nitrogens with zero attached hydrogens (tertiary/aromatic N) is 2. The van der Waals surface area contributed by atoms with Crippen LogP contribution < -0.4 is 16.4 Å². The van der Waals surface area contributed by atoms with Gasteiger partial charge in [0.05, 0.1) is 32.0 Å². The van der Waals surface area contributed by atoms with Gasteiger partial charge in [0.15, 0.2) is 5.72 Å². The molecule has 0 bridgehead atoms. The van der Waals surface area contributed by atoms with Crippen LogP contribution in [0.3, 0.4) is 0 Å². The van der Waals surface area contributed by atoms with Gasteiger partial charge in [0, 0.05) is 13.6 Å². The number of allylic oxidation sites excluding steroid dienone is 1. The highest BCUT2D eigenvalue weighted by Gasteiger charge is 2.48. The first-order valence-corrected chi connectivity index (χ1v) is 8.99. The molecule has 11 heteroatoms. The van der Waals surface area contributed by atoms with Crippen LogP contribution in [0.5, 0.6) is 0 Å². The van der Waals surface area contributed by atoms with Crippen LogP contribution in [-0.2, 0) is 23.9 Å². The molecule has 0 aromatic carbocycles. The summed E-state index contributed by atoms with van der Waals surface area (Å²) in [5, 5.41) is 15.0. The summed E-state index contributed by atoms with van der Waals surface area (Å²) in [6.45, 7) is 2.65. The molecule has 0 aromatic heterocycles. The van der Waals surface area contributed by atoms with Crippen molar-refractivity contribution in [2.75, 3.05) is 26.7 Å². The topological polar surface area (TPSA) is 167 Å². The van der Waals surface area contributed by atoms with Crippen molar-refractivity contribution in [2.45, 2.75) is 31.5 Å². The lowest BCUT2D eigenvalue weighted by molar-refractivity contribution is -0.131. The van der Waals surface area contributed by atoms with E-state index in [4.69, 9.17) is 15.6 Å². The number of epoxide rings is 1. The third-order valence-corrected chi connectivity index (χ3v) is 4.35. The number of ether oxygens (including phenoxy) is 1. The minimum atomic E-state index is -1.49. The van der Waals surface area contributed by atoms with Crippen molar-refractivity contribution in [1.82, 2.24) is 15.5 Å². The second kappa shape index (κ2) is 9.43. The number of carbonyl (C=O) groups excluding carboxylic acids is 3. The normalized spacial score (nSPS) is 21.6. The van der Waals surface area contributed by atoms with E-state index in [2.05, 4.69) is 15.6 Å². The van der Waals surface area contributed by atoms with Crippen LogP contribution in [-0.4, -0.2) is 77.9 Å². The molecule has 0 aliphatic carbocycles. The highest BCUT2D eigenvalue weighted by atomic mass is 16.6. The largest absolute Gasteiger partial charge is 0.477 e. The summed E-state index contributed by atoms with van der Waals surface area (Å²) < 4.78 is 5.41. The number of nitrogens with one attached hydrogen (secondary N) is 2. The highest BCUT2D eigenvalue weighted by Crippen LogP contribution is 2.26. The number of carboxylic acid groups (broad SMARTS) is 1. The molecule has 5 N–H and O–H groups in total. The van der Waals surface area contributed by atoms with Gasteiger partial charge in [-0.05, 0) is 24.8 Å². The number of rotatable bonds is 10. The monoisotopic (exact) mass is 407 g/mol. The van der Waals surface area contributed by atoms with Crippen LogP contribution in [0.25, 0.3) is 0 Å². The van der Waals surface area contributed by atoms with Crippen LogP contribution in [0.2, 0.25) is 0 Å². The molecule has 2 atom stereocenters. The van der Waals surface area contributed by atoms with Crippen LogP contribution >= 0.6 is 0 Å². The second-order valence-corrected chi connectivity index (χ2v) is 6.94. The molecule has 1 unspecified atom stereocenters. The van der Waals surface area contributed by atoms with Crippen molar-refractivity contribution in [1.29, 1.82) is 0 Å². The molecule has 3 amide bonds. The molecule has 11 nitrogen and oxygen atoms in total. The number of nitrogens with two attached hydrogens (primary N) is 1. The number of dihydropyridines is 1. The number of aliphatic carboxylic acids is 1. The minimum absolute atomic E-state index is 0.105. The number of primary amides is 1. The quantitative estimate of drug-likeness (QED) is 0.251. The van der Waals surface area contributed by atoms with Crippen molar-refractivity contribution < 1.29 is 29.0 Å². The van der Waals surface area contributed by atoms with E-state index in [-0.39, 0.29) is 25.5 Å². The number of carbonyl (C=O) groups is 4. The molecule has 0 aromatic rings. The van der Waals surface area contributed by atoms with E-state index in [0.29, 0.717) is 6.54 Å². The van der Waals surface area contributed by atoms with Crippen LogP contribution in [0.4, 0.5) is 0 Å². The number of likely N-dealkylation sites (N-methyl/N-ethyl adjacent to an activating group) is 1. The zero-order valence-electron chi connectivity index (χ0n) is 16.3. The maximum absolute atomic E-state index is 12.4. The molecule has 2 aliphatic rings. The Morgan fingerprint density at radius 1 is 1.45 bits per heavy atom. The molecule has 1 fully saturated rings. The average Bonchev–Trinajstić information content (AvgIpc) is 3.40. The smallest absolute Gasteiger partial charge is 0.350 e. The molecule has 2 rings (SSSR count). The first-order valence-electron chi connectivity index (χ1n) is 8.99. The summed E-state index contributed by atoms with van der Waals surface area (Å²) in [5.41, 5.74) is 4.35. The molecular formula is C18H25N5O6. The Labute approximate surface area is 167 Å². The zero-order valence-corrected chi connectivity index (χ0v) is 16.3. The average molecular weight is 407 g/mol. The van der Waals surface area contributed by atoms with Crippen molar-refractivity contribution in [3.8, 4) is 0 Å². The van der Waals surface area contributed by atoms with E-state index in [1.165, 1.54) is 11.8 Å². The van der Waals surface area contributed by atoms with Gasteiger partial charge in [0.1, 0.15) is 5.71 Å². The first-order chi connectivity index (χ1) is 13.6. The standard InChI is InChI=1S/C18H25N5O6/c1-11(16(26)21-13(17(27)28)8-14(19)24)22-18(10-29-18)9-23(2)15(25)7-12-3-5-20-6-4-12/h3-5,11,20,22H,6-10H2,1-2H3,(H2,19,24)(H,27,28)/t11-,18?/m0/s1. The first kappa shape index (κ1) is 22.2. The summed E-state index contributed by atoms with van der Waals surface area (Å²) in [5.74, 6) is -3.28. The maximum atomic E-state index is 12.4. The molecule has 0 saturated carbocycles. The SMILES string of the molecule is C[C@H](NC1(CN(C)C(=O)CC2=CCNC=C2)CO1)C(=O)N=C(CC(N)=O)C(=O)O. The van der Waals surface area contributed by atoms with Crippen LogP contribution in [0, 0.1) is 0 Å². The van der Waals surface area contributed by atoms with Crippen molar-refractivity contribution in [3.05, 3.63) is 23.9 Å². The second-order valence-electron chi connectivity index (χ2n) is 6.94. The number of hydrogen-bond donors (Lipinski definition) is 4. The molecule has 2 aliphatic heterocycles. The maximum Gasteiger partial charge on any atom is 0.350 e. The van der Waals surface area contributed by atoms with Gasteiger partial charge in [-0.3, -0.25) is 19.7 Å². The minimum Gasteiger partial charge on any atom is -0.477 e. The number of carboxylic acids is 1. The summed E-state index contributed by atoms with van der Waals surface area (Å²) >= 11 is 0. The van der Waals surface area contributed by atoms with Gasteiger partial charge >= 0.3 is 5.97 Å². The molecule has 0 radical (unpaired) electrons. The lowest BCUT2D eigenvalue weighted by Crippen LogP contribution is -2.50. The van der Waals surface area contributed by atoms with Gasteiger partial charge in [-0.2, -0.15) is 0 Å². The predicted molar refractivity (Wildman–Crippen MR) is 103 cm³/mol. The fourth-order valence-corrected chi connectivity index (χ4v) is 2.73. The zero-order chi connectivity index (χ0) is 21.6. The molecule has 1 saturated heterocycles. The number of hydrogen-bond acceptors (Lipinski definition) is 7. The Balaban J connectivity index is 1.92. The van der Waals surface area contributed by atoms with E-state index >= 15 is 0 Å². The summed E-state index contributed by atoms with van der Waals surface area (Å²) in [4.78, 5) is 51.6. The van der Waals surface area contributed by atoms with Gasteiger partial charge in [0.2, 0.25) is 11.8 Å². The summed E-state index contributed by atoms with van der Waals surface area (Å²) in [6, 6.07) is -0.890. The van der Waals surface area contributed by atoms with Crippen molar-refractivity contribution in [3.63, 3.8) is 0 Å². The van der Waals surface area contributed by atoms with Gasteiger partial charge in [-0.15, -0.1) is 0 Å². The van der Waals surface area contributed by atoms with Crippen molar-refractivity contribution >= 4 is 29.4 Å². The summed E-state index contributed by atoms with van der Waals surface area (Å²) in [7, 11) is 1.64. The molecule has 0 spiro atoms. The van der Waals surface area contributed by atoms with Crippen LogP contribution in [0.1, 0.15) is 19.8 Å². The van der Waals surface area contributed by atoms with E-state index < -0.39 is 41.7 Å². The third-order valence-electron chi connectivity index (χ3n) is 4.35. The molecule has 2 heterocycles. The lowest BCUT2D eigenvalue weighted by atomic mass is 10.1. The lowest BCUT2D eigenvalue weighted by Gasteiger charge is -2.25. The Bertz CT molecular complexity index is 784. The van der Waals surface area contributed by atoms with E-state index in [1.807, 2.05) is 12.2 Å². The fourth-order valence-electron chi connectivity index (χ4n) is 2.73. The molecule has 29 heavy (non-hydrogen) atoms. The molecule has 158 valence electrons. The van der Waals surface area contributed by atoms with E-state index in [9.17, 15) is 19.2 Å². The van der Waals surface area contributed by atoms with E-state index in [0.717, 1.165) is 5.57 Å². The Hall–Kier alpha value is -3.05. The molecular weight excluding hydrogens is 382 g/mol. The predicted octanol–water partition coefficient (Wildman–Crippen LogP) is -1.49. The van der Waals surface area contributed by atoms with E-state index in [1.54, 1.807) is 13.2 Å². The van der Waals surface area contributed by atoms with Gasteiger partial charge in [0.25, 0.3) is 5.91 Å². The number of aliphatic imine (C=N–C) groups is 1.